The smallest absolute Gasteiger partial charge is 0.320 e. The maximum Gasteiger partial charge on any atom is 0.320 e. The molecular weight excluding hydrogens is 719 g/mol. The van der Waals surface area contributed by atoms with Gasteiger partial charge in [-0.05, 0) is 84.4 Å². The number of fused-ring (bicyclic) bond motifs is 3. The first-order valence-corrected chi connectivity index (χ1v) is 22.1. The van der Waals surface area contributed by atoms with Gasteiger partial charge in [0, 0.05) is 38.4 Å². The average molecular weight is 771 g/mol. The first kappa shape index (κ1) is 39.0. The van der Waals surface area contributed by atoms with Gasteiger partial charge >= 0.3 is 6.01 Å². The lowest BCUT2D eigenvalue weighted by molar-refractivity contribution is 0.0512. The fraction of sp³-hybridized carbons (Fsp3) is 0.465. The second-order valence-electron chi connectivity index (χ2n) is 16.4. The van der Waals surface area contributed by atoms with Crippen LogP contribution in [-0.2, 0) is 22.2 Å². The fourth-order valence-electron chi connectivity index (χ4n) is 7.64. The number of pyridine rings is 1. The molecule has 55 heavy (non-hydrogen) atoms. The molecule has 2 aliphatic heterocycles. The van der Waals surface area contributed by atoms with E-state index in [4.69, 9.17) is 28.4 Å². The fourth-order valence-corrected chi connectivity index (χ4v) is 8.72. The summed E-state index contributed by atoms with van der Waals surface area (Å²) in [5.74, 6) is 0.0356. The van der Waals surface area contributed by atoms with Gasteiger partial charge < -0.3 is 23.4 Å². The maximum absolute atomic E-state index is 17.3. The van der Waals surface area contributed by atoms with E-state index < -0.39 is 25.8 Å². The molecule has 0 aliphatic carbocycles. The number of nitrogens with zero attached hydrogens (tertiary/aromatic N) is 4. The van der Waals surface area contributed by atoms with E-state index in [1.165, 1.54) is 0 Å². The van der Waals surface area contributed by atoms with Crippen molar-refractivity contribution in [3.05, 3.63) is 83.8 Å². The molecule has 3 aromatic carbocycles. The molecular formula is C43H52F2N4O5Si. The summed E-state index contributed by atoms with van der Waals surface area (Å²) in [6.07, 6.45) is 4.35. The Labute approximate surface area is 323 Å². The Morgan fingerprint density at radius 1 is 1.00 bits per heavy atom. The van der Waals surface area contributed by atoms with Gasteiger partial charge in [-0.2, -0.15) is 9.97 Å². The molecule has 2 atom stereocenters. The van der Waals surface area contributed by atoms with Crippen molar-refractivity contribution in [1.29, 1.82) is 0 Å². The lowest BCUT2D eigenvalue weighted by Gasteiger charge is -2.36. The van der Waals surface area contributed by atoms with Gasteiger partial charge in [-0.3, -0.25) is 9.88 Å². The van der Waals surface area contributed by atoms with Crippen LogP contribution in [0.2, 0.25) is 18.1 Å². The van der Waals surface area contributed by atoms with Crippen LogP contribution < -0.4 is 14.2 Å². The maximum atomic E-state index is 17.3. The second kappa shape index (κ2) is 16.1. The number of halogens is 2. The second-order valence-corrected chi connectivity index (χ2v) is 21.2. The van der Waals surface area contributed by atoms with Crippen molar-refractivity contribution in [2.24, 2.45) is 0 Å². The summed E-state index contributed by atoms with van der Waals surface area (Å²) >= 11 is 0. The normalized spacial score (nSPS) is 18.9. The van der Waals surface area contributed by atoms with Gasteiger partial charge in [0.05, 0.1) is 10.9 Å². The predicted molar refractivity (Wildman–Crippen MR) is 214 cm³/mol. The Hall–Kier alpha value is -4.23. The summed E-state index contributed by atoms with van der Waals surface area (Å²) in [6, 6.07) is 19.5. The van der Waals surface area contributed by atoms with Crippen LogP contribution in [0.25, 0.3) is 32.9 Å². The largest absolute Gasteiger partial charge is 0.472 e. The van der Waals surface area contributed by atoms with Crippen LogP contribution in [-0.4, -0.2) is 80.1 Å². The first-order chi connectivity index (χ1) is 26.4. The van der Waals surface area contributed by atoms with Crippen LogP contribution in [0.4, 0.5) is 8.78 Å². The molecule has 0 N–H and O–H groups in total. The zero-order chi connectivity index (χ0) is 38.8. The van der Waals surface area contributed by atoms with Crippen molar-refractivity contribution in [1.82, 2.24) is 19.9 Å². The summed E-state index contributed by atoms with van der Waals surface area (Å²) in [5.41, 5.74) is 2.23. The van der Waals surface area contributed by atoms with E-state index in [0.717, 1.165) is 54.1 Å². The van der Waals surface area contributed by atoms with E-state index in [0.29, 0.717) is 36.3 Å². The van der Waals surface area contributed by atoms with Crippen molar-refractivity contribution < 1.29 is 32.2 Å². The minimum absolute atomic E-state index is 0.0187. The van der Waals surface area contributed by atoms with Crippen LogP contribution in [0.15, 0.2) is 66.9 Å². The number of ether oxygens (including phenoxy) is 4. The van der Waals surface area contributed by atoms with Gasteiger partial charge in [0.15, 0.2) is 20.9 Å². The Bertz CT molecular complexity index is 2130. The van der Waals surface area contributed by atoms with Crippen LogP contribution in [0.1, 0.15) is 57.6 Å². The number of methoxy groups -OCH3 is 1. The summed E-state index contributed by atoms with van der Waals surface area (Å²) < 4.78 is 62.0. The first-order valence-electron chi connectivity index (χ1n) is 19.2. The number of aromatic nitrogens is 3. The van der Waals surface area contributed by atoms with Gasteiger partial charge in [-0.25, -0.2) is 8.78 Å². The quantitative estimate of drug-likeness (QED) is 0.0587. The topological polar surface area (TPSA) is 88.1 Å². The van der Waals surface area contributed by atoms with Gasteiger partial charge in [0.1, 0.15) is 36.3 Å². The Balaban J connectivity index is 1.28. The van der Waals surface area contributed by atoms with Gasteiger partial charge in [0.2, 0.25) is 5.88 Å². The third-order valence-corrected chi connectivity index (χ3v) is 16.1. The molecule has 0 radical (unpaired) electrons. The molecule has 0 saturated carbocycles. The molecule has 0 bridgehead atoms. The zero-order valence-electron chi connectivity index (χ0n) is 32.8. The molecule has 9 nitrogen and oxygen atoms in total. The molecule has 2 saturated heterocycles. The highest BCUT2D eigenvalue weighted by Crippen LogP contribution is 2.42. The number of hydrogen-bond donors (Lipinski definition) is 0. The average Bonchev–Trinajstić information content (AvgIpc) is 3.69. The van der Waals surface area contributed by atoms with E-state index in [1.54, 1.807) is 19.4 Å². The molecule has 2 aliphatic rings. The highest BCUT2D eigenvalue weighted by Gasteiger charge is 2.49. The predicted octanol–water partition coefficient (Wildman–Crippen LogP) is 9.46. The Morgan fingerprint density at radius 2 is 1.82 bits per heavy atom. The lowest BCUT2D eigenvalue weighted by Crippen LogP contribution is -2.43. The number of rotatable bonds is 15. The Morgan fingerprint density at radius 3 is 2.60 bits per heavy atom. The minimum Gasteiger partial charge on any atom is -0.472 e. The summed E-state index contributed by atoms with van der Waals surface area (Å²) in [7, 11) is -0.357. The van der Waals surface area contributed by atoms with Crippen LogP contribution in [0.5, 0.6) is 17.6 Å². The van der Waals surface area contributed by atoms with Crippen molar-refractivity contribution in [3.63, 3.8) is 0 Å². The standard InChI is InChI=1S/C43H52F2N4O5Si/c1-42(2,3)55(5,6)54-20-11-17-30-15-10-16-31-21-33(53-28-50-4)22-34(36(30)31)38-37(45)39-35(24-46-38)40(51-26-29-13-8-7-9-14-29)48-41(47-39)52-27-43-18-12-19-49(43)25-32(44)23-43/h7-10,13-16,21-22,24,32H,11-12,17-20,23,25-28H2,1-6H3/t32-,43+/m1/s1. The van der Waals surface area contributed by atoms with E-state index in [9.17, 15) is 4.39 Å². The monoisotopic (exact) mass is 770 g/mol. The third-order valence-electron chi connectivity index (χ3n) is 11.6. The van der Waals surface area contributed by atoms with Crippen molar-refractivity contribution in [2.45, 2.75) is 89.3 Å². The summed E-state index contributed by atoms with van der Waals surface area (Å²) in [6.45, 7) is 13.5. The van der Waals surface area contributed by atoms with Crippen LogP contribution in [0, 0.1) is 5.82 Å². The van der Waals surface area contributed by atoms with E-state index in [-0.39, 0.29) is 48.1 Å². The lowest BCUT2D eigenvalue weighted by atomic mass is 9.94. The molecule has 292 valence electrons. The number of benzene rings is 3. The summed E-state index contributed by atoms with van der Waals surface area (Å²) in [5, 5.41) is 2.19. The number of aryl methyl sites for hydroxylation is 1. The molecule has 4 heterocycles. The van der Waals surface area contributed by atoms with E-state index in [1.807, 2.05) is 48.5 Å². The molecule has 7 rings (SSSR count). The molecule has 0 spiro atoms. The number of alkyl halides is 1. The third kappa shape index (κ3) is 8.33. The molecule has 0 unspecified atom stereocenters. The summed E-state index contributed by atoms with van der Waals surface area (Å²) in [4.78, 5) is 16.1. The van der Waals surface area contributed by atoms with Crippen LogP contribution >= 0.6 is 0 Å². The SMILES string of the molecule is COCOc1cc(-c2ncc3c(OCc4ccccc4)nc(OC[C@@]45CCCN4C[C@H](F)C5)nc3c2F)c2c(CCCO[Si](C)(C)C(C)(C)C)cccc2c1. The van der Waals surface area contributed by atoms with E-state index >= 15 is 4.39 Å². The highest BCUT2D eigenvalue weighted by atomic mass is 28.4. The zero-order valence-corrected chi connectivity index (χ0v) is 33.8. The molecule has 5 aromatic rings. The van der Waals surface area contributed by atoms with E-state index in [2.05, 4.69) is 54.8 Å². The minimum atomic E-state index is -1.91. The molecule has 2 aromatic heterocycles. The highest BCUT2D eigenvalue weighted by molar-refractivity contribution is 6.74. The van der Waals surface area contributed by atoms with Gasteiger partial charge in [-0.1, -0.05) is 69.3 Å². The molecule has 2 fully saturated rings. The Kier molecular flexibility index (Phi) is 11.4. The van der Waals surface area contributed by atoms with Gasteiger partial charge in [0.25, 0.3) is 0 Å². The number of hydrogen-bond acceptors (Lipinski definition) is 9. The van der Waals surface area contributed by atoms with Crippen molar-refractivity contribution in [2.75, 3.05) is 40.2 Å². The molecule has 0 amide bonds. The van der Waals surface area contributed by atoms with Crippen molar-refractivity contribution >= 4 is 30.0 Å². The van der Waals surface area contributed by atoms with Gasteiger partial charge in [-0.15, -0.1) is 0 Å². The van der Waals surface area contributed by atoms with Crippen molar-refractivity contribution in [3.8, 4) is 28.9 Å². The van der Waals surface area contributed by atoms with Crippen LogP contribution in [0.3, 0.4) is 0 Å². The molecule has 12 heteroatoms.